The van der Waals surface area contributed by atoms with Crippen molar-refractivity contribution in [2.45, 2.75) is 18.2 Å². The second kappa shape index (κ2) is 7.01. The van der Waals surface area contributed by atoms with Crippen molar-refractivity contribution in [1.29, 1.82) is 0 Å². The molecule has 0 saturated heterocycles. The molecule has 1 heterocycles. The van der Waals surface area contributed by atoms with Crippen molar-refractivity contribution in [3.63, 3.8) is 0 Å². The first-order valence-electron chi connectivity index (χ1n) is 6.11. The van der Waals surface area contributed by atoms with Crippen LogP contribution in [0.4, 0.5) is 0 Å². The Bertz CT molecular complexity index is 575. The standard InChI is InChI=1S/C12H18ClN3O3S/c1-4-7-16(9-12(17)15(2)3)20(18,19)10-5-6-14-11(13)8-10/h5-6,8H,4,7,9H2,1-3H3. The molecule has 0 radical (unpaired) electrons. The smallest absolute Gasteiger partial charge is 0.243 e. The quantitative estimate of drug-likeness (QED) is 0.739. The third kappa shape index (κ3) is 4.16. The number of aromatic nitrogens is 1. The summed E-state index contributed by atoms with van der Waals surface area (Å²) >= 11 is 5.72. The van der Waals surface area contributed by atoms with Crippen molar-refractivity contribution >= 4 is 27.5 Å². The number of nitrogens with zero attached hydrogens (tertiary/aromatic N) is 3. The van der Waals surface area contributed by atoms with Crippen LogP contribution in [0.2, 0.25) is 5.15 Å². The molecule has 1 aromatic rings. The SMILES string of the molecule is CCCN(CC(=O)N(C)C)S(=O)(=O)c1ccnc(Cl)c1. The Hall–Kier alpha value is -1.18. The van der Waals surface area contributed by atoms with Gasteiger partial charge in [-0.3, -0.25) is 4.79 Å². The normalized spacial score (nSPS) is 11.7. The Balaban J connectivity index is 3.09. The van der Waals surface area contributed by atoms with Crippen molar-refractivity contribution < 1.29 is 13.2 Å². The molecule has 0 saturated carbocycles. The number of halogens is 1. The minimum atomic E-state index is -3.75. The third-order valence-electron chi connectivity index (χ3n) is 2.62. The first kappa shape index (κ1) is 16.9. The summed E-state index contributed by atoms with van der Waals surface area (Å²) in [4.78, 5) is 16.9. The van der Waals surface area contributed by atoms with Gasteiger partial charge in [-0.05, 0) is 18.6 Å². The zero-order chi connectivity index (χ0) is 15.3. The van der Waals surface area contributed by atoms with Crippen LogP contribution in [-0.2, 0) is 14.8 Å². The fourth-order valence-corrected chi connectivity index (χ4v) is 3.25. The van der Waals surface area contributed by atoms with Gasteiger partial charge in [0.15, 0.2) is 0 Å². The Kier molecular flexibility index (Phi) is 5.91. The number of sulfonamides is 1. The first-order valence-corrected chi connectivity index (χ1v) is 7.92. The lowest BCUT2D eigenvalue weighted by molar-refractivity contribution is -0.128. The maximum absolute atomic E-state index is 12.5. The highest BCUT2D eigenvalue weighted by atomic mass is 35.5. The van der Waals surface area contributed by atoms with E-state index in [1.54, 1.807) is 14.1 Å². The van der Waals surface area contributed by atoms with Crippen molar-refractivity contribution in [1.82, 2.24) is 14.2 Å². The molecule has 0 aliphatic rings. The highest BCUT2D eigenvalue weighted by Crippen LogP contribution is 2.18. The van der Waals surface area contributed by atoms with Crippen LogP contribution in [0.15, 0.2) is 23.2 Å². The largest absolute Gasteiger partial charge is 0.348 e. The van der Waals surface area contributed by atoms with Crippen LogP contribution < -0.4 is 0 Å². The van der Waals surface area contributed by atoms with E-state index < -0.39 is 10.0 Å². The molecule has 0 N–H and O–H groups in total. The minimum absolute atomic E-state index is 0.0394. The summed E-state index contributed by atoms with van der Waals surface area (Å²) in [6.45, 7) is 1.92. The highest BCUT2D eigenvalue weighted by Gasteiger charge is 2.26. The molecular weight excluding hydrogens is 302 g/mol. The van der Waals surface area contributed by atoms with Gasteiger partial charge in [0.25, 0.3) is 0 Å². The second-order valence-electron chi connectivity index (χ2n) is 4.44. The van der Waals surface area contributed by atoms with E-state index in [1.165, 1.54) is 23.2 Å². The van der Waals surface area contributed by atoms with Crippen LogP contribution in [0.1, 0.15) is 13.3 Å². The van der Waals surface area contributed by atoms with Crippen LogP contribution >= 0.6 is 11.6 Å². The van der Waals surface area contributed by atoms with Crippen molar-refractivity contribution in [2.75, 3.05) is 27.2 Å². The lowest BCUT2D eigenvalue weighted by Crippen LogP contribution is -2.40. The molecule has 8 heteroatoms. The summed E-state index contributed by atoms with van der Waals surface area (Å²) in [6, 6.07) is 2.64. The summed E-state index contributed by atoms with van der Waals surface area (Å²) in [5.74, 6) is -0.276. The molecule has 0 atom stereocenters. The second-order valence-corrected chi connectivity index (χ2v) is 6.77. The van der Waals surface area contributed by atoms with Gasteiger partial charge in [0, 0.05) is 26.8 Å². The number of likely N-dealkylation sites (N-methyl/N-ethyl adjacent to an activating group) is 1. The van der Waals surface area contributed by atoms with E-state index in [0.717, 1.165) is 4.31 Å². The number of rotatable bonds is 6. The number of amides is 1. The van der Waals surface area contributed by atoms with Gasteiger partial charge < -0.3 is 4.90 Å². The van der Waals surface area contributed by atoms with E-state index in [0.29, 0.717) is 6.42 Å². The van der Waals surface area contributed by atoms with E-state index in [9.17, 15) is 13.2 Å². The molecule has 0 aliphatic carbocycles. The van der Waals surface area contributed by atoms with Crippen molar-refractivity contribution in [3.8, 4) is 0 Å². The van der Waals surface area contributed by atoms with E-state index in [2.05, 4.69) is 4.98 Å². The Morgan fingerprint density at radius 1 is 1.40 bits per heavy atom. The van der Waals surface area contributed by atoms with Crippen LogP contribution in [0, 0.1) is 0 Å². The van der Waals surface area contributed by atoms with Crippen molar-refractivity contribution in [3.05, 3.63) is 23.5 Å². The average molecular weight is 320 g/mol. The molecule has 112 valence electrons. The molecule has 1 amide bonds. The predicted octanol–water partition coefficient (Wildman–Crippen LogP) is 1.22. The molecule has 0 fully saturated rings. The van der Waals surface area contributed by atoms with Gasteiger partial charge in [-0.25, -0.2) is 13.4 Å². The molecular formula is C12H18ClN3O3S. The van der Waals surface area contributed by atoms with Crippen LogP contribution in [0.5, 0.6) is 0 Å². The lowest BCUT2D eigenvalue weighted by Gasteiger charge is -2.22. The van der Waals surface area contributed by atoms with E-state index >= 15 is 0 Å². The Morgan fingerprint density at radius 3 is 2.55 bits per heavy atom. The minimum Gasteiger partial charge on any atom is -0.348 e. The Labute approximate surface area is 124 Å². The predicted molar refractivity (Wildman–Crippen MR) is 77.0 cm³/mol. The van der Waals surface area contributed by atoms with Crippen LogP contribution in [0.3, 0.4) is 0 Å². The monoisotopic (exact) mass is 319 g/mol. The lowest BCUT2D eigenvalue weighted by atomic mass is 10.4. The van der Waals surface area contributed by atoms with Gasteiger partial charge in [-0.1, -0.05) is 18.5 Å². The summed E-state index contributed by atoms with van der Waals surface area (Å²) in [6.07, 6.45) is 1.94. The first-order chi connectivity index (χ1) is 9.28. The molecule has 1 aromatic heterocycles. The van der Waals surface area contributed by atoms with E-state index in [4.69, 9.17) is 11.6 Å². The maximum atomic E-state index is 12.5. The Morgan fingerprint density at radius 2 is 2.05 bits per heavy atom. The van der Waals surface area contributed by atoms with Gasteiger partial charge in [-0.2, -0.15) is 4.31 Å². The molecule has 1 rings (SSSR count). The molecule has 0 aromatic carbocycles. The fraction of sp³-hybridized carbons (Fsp3) is 0.500. The number of carbonyl (C=O) groups excluding carboxylic acids is 1. The number of hydrogen-bond donors (Lipinski definition) is 0. The van der Waals surface area contributed by atoms with Crippen LogP contribution in [0.25, 0.3) is 0 Å². The molecule has 0 bridgehead atoms. The number of pyridine rings is 1. The van der Waals surface area contributed by atoms with Crippen LogP contribution in [-0.4, -0.2) is 55.7 Å². The van der Waals surface area contributed by atoms with Gasteiger partial charge in [0.05, 0.1) is 11.4 Å². The average Bonchev–Trinajstić information content (AvgIpc) is 2.37. The topological polar surface area (TPSA) is 70.6 Å². The van der Waals surface area contributed by atoms with Gasteiger partial charge in [0.1, 0.15) is 5.15 Å². The number of carbonyl (C=O) groups is 1. The summed E-state index contributed by atoms with van der Waals surface area (Å²) in [5.41, 5.74) is 0. The van der Waals surface area contributed by atoms with E-state index in [-0.39, 0.29) is 29.0 Å². The van der Waals surface area contributed by atoms with E-state index in [1.807, 2.05) is 6.92 Å². The molecule has 0 unspecified atom stereocenters. The highest BCUT2D eigenvalue weighted by molar-refractivity contribution is 7.89. The van der Waals surface area contributed by atoms with Gasteiger partial charge in [-0.15, -0.1) is 0 Å². The molecule has 0 aliphatic heterocycles. The van der Waals surface area contributed by atoms with Gasteiger partial charge in [0.2, 0.25) is 15.9 Å². The fourth-order valence-electron chi connectivity index (χ4n) is 1.52. The molecule has 0 spiro atoms. The van der Waals surface area contributed by atoms with Crippen molar-refractivity contribution in [2.24, 2.45) is 0 Å². The summed E-state index contributed by atoms with van der Waals surface area (Å²) < 4.78 is 26.2. The zero-order valence-corrected chi connectivity index (χ0v) is 13.3. The maximum Gasteiger partial charge on any atom is 0.243 e. The zero-order valence-electron chi connectivity index (χ0n) is 11.7. The third-order valence-corrected chi connectivity index (χ3v) is 4.67. The molecule has 20 heavy (non-hydrogen) atoms. The summed E-state index contributed by atoms with van der Waals surface area (Å²) in [7, 11) is -0.582. The van der Waals surface area contributed by atoms with Gasteiger partial charge >= 0.3 is 0 Å². The molecule has 6 nitrogen and oxygen atoms in total. The number of hydrogen-bond acceptors (Lipinski definition) is 4. The summed E-state index contributed by atoms with van der Waals surface area (Å²) in [5, 5.41) is 0.0986.